The molecule has 2 N–H and O–H groups in total. The van der Waals surface area contributed by atoms with E-state index in [1.54, 1.807) is 0 Å². The molecule has 2 unspecified atom stereocenters. The van der Waals surface area contributed by atoms with Crippen molar-refractivity contribution in [3.8, 4) is 0 Å². The van der Waals surface area contributed by atoms with Crippen molar-refractivity contribution in [1.82, 2.24) is 0 Å². The maximum atomic E-state index is 5.83. The molecule has 0 saturated heterocycles. The van der Waals surface area contributed by atoms with E-state index in [0.717, 1.165) is 6.42 Å². The Hall–Kier alpha value is -0.560. The van der Waals surface area contributed by atoms with Crippen molar-refractivity contribution in [3.63, 3.8) is 0 Å². The molecule has 0 aliphatic heterocycles. The van der Waals surface area contributed by atoms with Gasteiger partial charge in [-0.2, -0.15) is 0 Å². The number of rotatable bonds is 4. The van der Waals surface area contributed by atoms with Gasteiger partial charge in [-0.25, -0.2) is 0 Å². The lowest BCUT2D eigenvalue weighted by molar-refractivity contribution is 0.540. The van der Waals surface area contributed by atoms with Crippen molar-refractivity contribution in [2.24, 2.45) is 11.7 Å². The predicted octanol–water partition coefficient (Wildman–Crippen LogP) is 2.88. The molecule has 0 fully saturated rings. The molecule has 0 spiro atoms. The van der Waals surface area contributed by atoms with E-state index in [4.69, 9.17) is 5.73 Å². The molecule has 2 atom stereocenters. The van der Waals surface area contributed by atoms with Crippen molar-refractivity contribution in [2.75, 3.05) is 0 Å². The molecular weight excluding hydrogens is 146 g/mol. The van der Waals surface area contributed by atoms with Crippen LogP contribution < -0.4 is 5.73 Å². The number of hydrogen-bond donors (Lipinski definition) is 1. The number of nitrogens with two attached hydrogens (primary N) is 1. The summed E-state index contributed by atoms with van der Waals surface area (Å²) in [4.78, 5) is 0. The van der Waals surface area contributed by atoms with E-state index in [9.17, 15) is 0 Å². The van der Waals surface area contributed by atoms with Crippen molar-refractivity contribution in [3.05, 3.63) is 23.8 Å². The minimum Gasteiger partial charge on any atom is -0.327 e. The van der Waals surface area contributed by atoms with Gasteiger partial charge >= 0.3 is 0 Å². The van der Waals surface area contributed by atoms with Gasteiger partial charge in [0.25, 0.3) is 0 Å². The number of allylic oxidation sites excluding steroid dienone is 3. The van der Waals surface area contributed by atoms with E-state index in [2.05, 4.69) is 39.0 Å². The summed E-state index contributed by atoms with van der Waals surface area (Å²) in [5.41, 5.74) is 7.19. The average molecular weight is 167 g/mol. The maximum absolute atomic E-state index is 5.83. The lowest BCUT2D eigenvalue weighted by Crippen LogP contribution is -2.24. The molecule has 0 aromatic carbocycles. The highest BCUT2D eigenvalue weighted by atomic mass is 14.6. The summed E-state index contributed by atoms with van der Waals surface area (Å²) in [5, 5.41) is 0. The minimum atomic E-state index is 0.247. The average Bonchev–Trinajstić information content (AvgIpc) is 1.96. The van der Waals surface area contributed by atoms with Crippen LogP contribution in [0.1, 0.15) is 34.1 Å². The zero-order chi connectivity index (χ0) is 9.56. The van der Waals surface area contributed by atoms with Crippen molar-refractivity contribution >= 4 is 0 Å². The molecule has 0 aliphatic rings. The molecule has 0 saturated carbocycles. The minimum absolute atomic E-state index is 0.247. The quantitative estimate of drug-likeness (QED) is 0.640. The van der Waals surface area contributed by atoms with Crippen LogP contribution in [0.25, 0.3) is 0 Å². The fourth-order valence-electron chi connectivity index (χ4n) is 1.09. The monoisotopic (exact) mass is 167 g/mol. The molecule has 1 heteroatoms. The predicted molar refractivity (Wildman–Crippen MR) is 56.0 cm³/mol. The second-order valence-electron chi connectivity index (χ2n) is 3.57. The third-order valence-electron chi connectivity index (χ3n) is 1.91. The Labute approximate surface area is 76.3 Å². The first kappa shape index (κ1) is 11.4. The van der Waals surface area contributed by atoms with Crippen LogP contribution in [0, 0.1) is 5.92 Å². The third kappa shape index (κ3) is 5.14. The van der Waals surface area contributed by atoms with E-state index in [1.807, 2.05) is 6.92 Å². The van der Waals surface area contributed by atoms with Gasteiger partial charge in [0, 0.05) is 6.04 Å². The van der Waals surface area contributed by atoms with Gasteiger partial charge in [0.15, 0.2) is 0 Å². The first-order valence-corrected chi connectivity index (χ1v) is 4.59. The van der Waals surface area contributed by atoms with Crippen LogP contribution in [0.4, 0.5) is 0 Å². The molecule has 0 rings (SSSR count). The lowest BCUT2D eigenvalue weighted by Gasteiger charge is -2.14. The zero-order valence-corrected chi connectivity index (χ0v) is 8.67. The topological polar surface area (TPSA) is 26.0 Å². The third-order valence-corrected chi connectivity index (χ3v) is 1.91. The van der Waals surface area contributed by atoms with Crippen molar-refractivity contribution in [2.45, 2.75) is 40.2 Å². The summed E-state index contributed by atoms with van der Waals surface area (Å²) in [6, 6.07) is 0.247. The highest BCUT2D eigenvalue weighted by Crippen LogP contribution is 2.11. The molecule has 0 aliphatic carbocycles. The van der Waals surface area contributed by atoms with Crippen molar-refractivity contribution < 1.29 is 0 Å². The van der Waals surface area contributed by atoms with Gasteiger partial charge in [0.05, 0.1) is 0 Å². The van der Waals surface area contributed by atoms with Gasteiger partial charge in [0.1, 0.15) is 0 Å². The van der Waals surface area contributed by atoms with Crippen LogP contribution in [0.3, 0.4) is 0 Å². The molecule has 0 bridgehead atoms. The molecule has 12 heavy (non-hydrogen) atoms. The number of hydrogen-bond acceptors (Lipinski definition) is 1. The Bertz CT molecular complexity index is 162. The smallest absolute Gasteiger partial charge is 0.00763 e. The van der Waals surface area contributed by atoms with Crippen molar-refractivity contribution in [1.29, 1.82) is 0 Å². The Morgan fingerprint density at radius 1 is 1.42 bits per heavy atom. The highest BCUT2D eigenvalue weighted by Gasteiger charge is 2.07. The summed E-state index contributed by atoms with van der Waals surface area (Å²) in [7, 11) is 0. The second kappa shape index (κ2) is 6.01. The van der Waals surface area contributed by atoms with Crippen LogP contribution in [0.5, 0.6) is 0 Å². The van der Waals surface area contributed by atoms with Gasteiger partial charge < -0.3 is 5.73 Å². The highest BCUT2D eigenvalue weighted by molar-refractivity contribution is 5.00. The molecule has 1 nitrogen and oxygen atoms in total. The van der Waals surface area contributed by atoms with Gasteiger partial charge in [-0.15, -0.1) is 0 Å². The van der Waals surface area contributed by atoms with Crippen LogP contribution in [0.2, 0.25) is 0 Å². The van der Waals surface area contributed by atoms with E-state index >= 15 is 0 Å². The largest absolute Gasteiger partial charge is 0.327 e. The summed E-state index contributed by atoms with van der Waals surface area (Å²) < 4.78 is 0. The van der Waals surface area contributed by atoms with Crippen LogP contribution in [0.15, 0.2) is 23.8 Å². The Morgan fingerprint density at radius 3 is 2.33 bits per heavy atom. The Morgan fingerprint density at radius 2 is 2.00 bits per heavy atom. The summed E-state index contributed by atoms with van der Waals surface area (Å²) in [6.45, 7) is 8.34. The van der Waals surface area contributed by atoms with Crippen LogP contribution in [-0.4, -0.2) is 6.04 Å². The normalized spacial score (nSPS) is 16.1. The summed E-state index contributed by atoms with van der Waals surface area (Å²) in [6.07, 6.45) is 7.56. The Kier molecular flexibility index (Phi) is 5.73. The molecule has 0 heterocycles. The standard InChI is InChI=1S/C11H21N/c1-5-6-11(10(4)12)8-7-9(2)3/h5-7,10-11H,8,12H2,1-4H3/b6-5-. The van der Waals surface area contributed by atoms with E-state index in [0.29, 0.717) is 5.92 Å². The molecule has 0 amide bonds. The first-order chi connectivity index (χ1) is 5.57. The Balaban J connectivity index is 4.05. The molecule has 0 aromatic heterocycles. The summed E-state index contributed by atoms with van der Waals surface area (Å²) >= 11 is 0. The fraction of sp³-hybridized carbons (Fsp3) is 0.636. The van der Waals surface area contributed by atoms with Gasteiger partial charge in [0.2, 0.25) is 0 Å². The fourth-order valence-corrected chi connectivity index (χ4v) is 1.09. The van der Waals surface area contributed by atoms with E-state index in [-0.39, 0.29) is 6.04 Å². The molecule has 70 valence electrons. The molecule has 0 aromatic rings. The van der Waals surface area contributed by atoms with Gasteiger partial charge in [-0.05, 0) is 40.0 Å². The van der Waals surface area contributed by atoms with Gasteiger partial charge in [-0.1, -0.05) is 23.8 Å². The first-order valence-electron chi connectivity index (χ1n) is 4.59. The summed E-state index contributed by atoms with van der Waals surface area (Å²) in [5.74, 6) is 0.491. The van der Waals surface area contributed by atoms with E-state index < -0.39 is 0 Å². The zero-order valence-electron chi connectivity index (χ0n) is 8.67. The van der Waals surface area contributed by atoms with Crippen LogP contribution in [-0.2, 0) is 0 Å². The van der Waals surface area contributed by atoms with Crippen LogP contribution >= 0.6 is 0 Å². The van der Waals surface area contributed by atoms with Gasteiger partial charge in [-0.3, -0.25) is 0 Å². The molecular formula is C11H21N. The van der Waals surface area contributed by atoms with E-state index in [1.165, 1.54) is 5.57 Å². The maximum Gasteiger partial charge on any atom is 0.00763 e. The SMILES string of the molecule is C/C=C\C(CC=C(C)C)C(C)N. The molecule has 0 radical (unpaired) electrons. The lowest BCUT2D eigenvalue weighted by atomic mass is 9.96. The second-order valence-corrected chi connectivity index (χ2v) is 3.57.